The van der Waals surface area contributed by atoms with Crippen LogP contribution in [0.2, 0.25) is 0 Å². The van der Waals surface area contributed by atoms with Crippen LogP contribution < -0.4 is 0 Å². The van der Waals surface area contributed by atoms with Gasteiger partial charge in [-0.15, -0.1) is 0 Å². The standard InChI is InChI=1S/C24H24O9/c25-17-10-6-16(7-11-17)8-12-19(26)31-14-18-21(28)22(29)23(30)24(32-18)33-20(27)13-9-15-4-2-1-3-5-15/h1-13,18,21-25,28-30H,14H2/b12-8+,13-9+/t18-,21-,22+,23-,24+/m1/s1. The summed E-state index contributed by atoms with van der Waals surface area (Å²) in [6.45, 7) is -0.461. The molecule has 0 radical (unpaired) electrons. The Kier molecular flexibility index (Phi) is 8.34. The molecular formula is C24H24O9. The monoisotopic (exact) mass is 456 g/mol. The van der Waals surface area contributed by atoms with Crippen LogP contribution in [-0.4, -0.2) is 69.7 Å². The van der Waals surface area contributed by atoms with E-state index in [1.807, 2.05) is 6.07 Å². The Morgan fingerprint density at radius 1 is 0.818 bits per heavy atom. The van der Waals surface area contributed by atoms with Crippen molar-refractivity contribution in [2.24, 2.45) is 0 Å². The number of aliphatic hydroxyl groups excluding tert-OH is 3. The molecule has 1 aliphatic rings. The highest BCUT2D eigenvalue weighted by atomic mass is 16.7. The third-order valence-corrected chi connectivity index (χ3v) is 4.81. The minimum atomic E-state index is -1.70. The third-order valence-electron chi connectivity index (χ3n) is 4.81. The van der Waals surface area contributed by atoms with Crippen LogP contribution in [-0.2, 0) is 23.8 Å². The second-order valence-corrected chi connectivity index (χ2v) is 7.25. The van der Waals surface area contributed by atoms with E-state index in [9.17, 15) is 30.0 Å². The van der Waals surface area contributed by atoms with Crippen molar-refractivity contribution in [1.29, 1.82) is 0 Å². The van der Waals surface area contributed by atoms with Gasteiger partial charge in [-0.2, -0.15) is 0 Å². The first-order chi connectivity index (χ1) is 15.8. The van der Waals surface area contributed by atoms with Crippen LogP contribution in [0.1, 0.15) is 11.1 Å². The highest BCUT2D eigenvalue weighted by Crippen LogP contribution is 2.23. The van der Waals surface area contributed by atoms with E-state index in [-0.39, 0.29) is 5.75 Å². The number of benzene rings is 2. The van der Waals surface area contributed by atoms with Crippen molar-refractivity contribution in [2.45, 2.75) is 30.7 Å². The molecule has 0 spiro atoms. The number of ether oxygens (including phenoxy) is 3. The molecule has 4 N–H and O–H groups in total. The number of phenols is 1. The van der Waals surface area contributed by atoms with Gasteiger partial charge in [-0.25, -0.2) is 9.59 Å². The molecule has 1 heterocycles. The van der Waals surface area contributed by atoms with E-state index in [1.165, 1.54) is 24.3 Å². The van der Waals surface area contributed by atoms with Crippen LogP contribution in [0.4, 0.5) is 0 Å². The van der Waals surface area contributed by atoms with Gasteiger partial charge in [-0.1, -0.05) is 42.5 Å². The van der Waals surface area contributed by atoms with E-state index in [4.69, 9.17) is 14.2 Å². The van der Waals surface area contributed by atoms with Crippen molar-refractivity contribution < 1.29 is 44.2 Å². The molecule has 3 rings (SSSR count). The molecule has 1 fully saturated rings. The number of rotatable bonds is 7. The first-order valence-electron chi connectivity index (χ1n) is 10.1. The molecule has 5 atom stereocenters. The number of esters is 2. The van der Waals surface area contributed by atoms with E-state index >= 15 is 0 Å². The quantitative estimate of drug-likeness (QED) is 0.355. The summed E-state index contributed by atoms with van der Waals surface area (Å²) >= 11 is 0. The number of phenolic OH excluding ortho intramolecular Hbond substituents is 1. The lowest BCUT2D eigenvalue weighted by Gasteiger charge is -2.39. The highest BCUT2D eigenvalue weighted by Gasteiger charge is 2.45. The summed E-state index contributed by atoms with van der Waals surface area (Å²) in [7, 11) is 0. The lowest BCUT2D eigenvalue weighted by atomic mass is 9.99. The number of aromatic hydroxyl groups is 1. The lowest BCUT2D eigenvalue weighted by molar-refractivity contribution is -0.291. The Balaban J connectivity index is 1.54. The molecule has 2 aromatic rings. The van der Waals surface area contributed by atoms with E-state index in [2.05, 4.69) is 0 Å². The number of carbonyl (C=O) groups is 2. The fourth-order valence-electron chi connectivity index (χ4n) is 3.00. The van der Waals surface area contributed by atoms with Crippen molar-refractivity contribution in [3.8, 4) is 5.75 Å². The fraction of sp³-hybridized carbons (Fsp3) is 0.250. The number of hydrogen-bond donors (Lipinski definition) is 4. The van der Waals surface area contributed by atoms with Crippen molar-refractivity contribution in [2.75, 3.05) is 6.61 Å². The van der Waals surface area contributed by atoms with Crippen molar-refractivity contribution in [3.05, 3.63) is 77.9 Å². The van der Waals surface area contributed by atoms with Crippen molar-refractivity contribution in [3.63, 3.8) is 0 Å². The molecule has 174 valence electrons. The largest absolute Gasteiger partial charge is 0.508 e. The zero-order chi connectivity index (χ0) is 23.8. The average Bonchev–Trinajstić information content (AvgIpc) is 2.82. The maximum absolute atomic E-state index is 12.1. The maximum atomic E-state index is 12.1. The number of aliphatic hydroxyl groups is 3. The summed E-state index contributed by atoms with van der Waals surface area (Å²) in [6, 6.07) is 15.1. The average molecular weight is 456 g/mol. The summed E-state index contributed by atoms with van der Waals surface area (Å²) < 4.78 is 15.4. The first-order valence-corrected chi connectivity index (χ1v) is 10.1. The predicted molar refractivity (Wildman–Crippen MR) is 116 cm³/mol. The van der Waals surface area contributed by atoms with Gasteiger partial charge in [0.15, 0.2) is 0 Å². The summed E-state index contributed by atoms with van der Waals surface area (Å²) in [4.78, 5) is 24.0. The topological polar surface area (TPSA) is 143 Å². The smallest absolute Gasteiger partial charge is 0.333 e. The fourth-order valence-corrected chi connectivity index (χ4v) is 3.00. The Hall–Kier alpha value is -3.50. The second-order valence-electron chi connectivity index (χ2n) is 7.25. The van der Waals surface area contributed by atoms with Crippen LogP contribution in [0.5, 0.6) is 5.75 Å². The van der Waals surface area contributed by atoms with Gasteiger partial charge in [0.2, 0.25) is 6.29 Å². The number of carbonyl (C=O) groups excluding carboxylic acids is 2. The van der Waals surface area contributed by atoms with E-state index in [1.54, 1.807) is 36.4 Å². The Labute approximate surface area is 189 Å². The third kappa shape index (κ3) is 6.99. The maximum Gasteiger partial charge on any atom is 0.333 e. The second kappa shape index (κ2) is 11.4. The highest BCUT2D eigenvalue weighted by molar-refractivity contribution is 5.87. The van der Waals surface area contributed by atoms with Crippen LogP contribution in [0.25, 0.3) is 12.2 Å². The summed E-state index contributed by atoms with van der Waals surface area (Å²) in [6.07, 6.45) is -2.56. The van der Waals surface area contributed by atoms with Gasteiger partial charge in [-0.05, 0) is 35.4 Å². The predicted octanol–water partition coefficient (Wildman–Crippen LogP) is 1.01. The van der Waals surface area contributed by atoms with Crippen LogP contribution in [0.3, 0.4) is 0 Å². The van der Waals surface area contributed by atoms with Crippen molar-refractivity contribution in [1.82, 2.24) is 0 Å². The zero-order valence-electron chi connectivity index (χ0n) is 17.4. The molecule has 9 heteroatoms. The van der Waals surface area contributed by atoms with Gasteiger partial charge < -0.3 is 34.6 Å². The van der Waals surface area contributed by atoms with E-state index < -0.39 is 49.3 Å². The summed E-state index contributed by atoms with van der Waals surface area (Å²) in [5.41, 5.74) is 1.40. The van der Waals surface area contributed by atoms with Gasteiger partial charge in [-0.3, -0.25) is 0 Å². The number of hydrogen-bond acceptors (Lipinski definition) is 9. The molecular weight excluding hydrogens is 432 g/mol. The molecule has 0 unspecified atom stereocenters. The molecule has 1 saturated heterocycles. The minimum Gasteiger partial charge on any atom is -0.508 e. The lowest BCUT2D eigenvalue weighted by Crippen LogP contribution is -2.59. The summed E-state index contributed by atoms with van der Waals surface area (Å²) in [5, 5.41) is 39.6. The van der Waals surface area contributed by atoms with Gasteiger partial charge in [0, 0.05) is 12.2 Å². The van der Waals surface area contributed by atoms with Crippen LogP contribution in [0.15, 0.2) is 66.7 Å². The Morgan fingerprint density at radius 3 is 2.09 bits per heavy atom. The normalized spacial score (nSPS) is 25.2. The first kappa shape index (κ1) is 24.1. The van der Waals surface area contributed by atoms with Crippen LogP contribution in [0, 0.1) is 0 Å². The van der Waals surface area contributed by atoms with E-state index in [0.717, 1.165) is 17.7 Å². The van der Waals surface area contributed by atoms with Gasteiger partial charge in [0.1, 0.15) is 36.8 Å². The molecule has 0 bridgehead atoms. The molecule has 2 aromatic carbocycles. The van der Waals surface area contributed by atoms with Gasteiger partial charge in [0.25, 0.3) is 0 Å². The molecule has 33 heavy (non-hydrogen) atoms. The Bertz CT molecular complexity index is 985. The molecule has 1 aliphatic heterocycles. The van der Waals surface area contributed by atoms with Gasteiger partial charge in [0.05, 0.1) is 0 Å². The molecule has 0 amide bonds. The molecule has 0 aromatic heterocycles. The van der Waals surface area contributed by atoms with Crippen molar-refractivity contribution >= 4 is 24.1 Å². The minimum absolute atomic E-state index is 0.0877. The van der Waals surface area contributed by atoms with E-state index in [0.29, 0.717) is 5.56 Å². The van der Waals surface area contributed by atoms with Crippen LogP contribution >= 0.6 is 0 Å². The SMILES string of the molecule is O=C(/C=C/c1ccc(O)cc1)OC[C@H]1O[C@@H](OC(=O)/C=C/c2ccccc2)[C@H](O)[C@@H](O)[C@@H]1O. The molecule has 0 saturated carbocycles. The van der Waals surface area contributed by atoms with Gasteiger partial charge >= 0.3 is 11.9 Å². The summed E-state index contributed by atoms with van der Waals surface area (Å²) in [5.74, 6) is -1.50. The molecule has 0 aliphatic carbocycles. The Morgan fingerprint density at radius 2 is 1.42 bits per heavy atom. The molecule has 9 nitrogen and oxygen atoms in total. The zero-order valence-corrected chi connectivity index (χ0v) is 17.4.